The molecule has 0 aliphatic carbocycles. The fourth-order valence-corrected chi connectivity index (χ4v) is 5.04. The topological polar surface area (TPSA) is 131 Å². The highest BCUT2D eigenvalue weighted by Gasteiger charge is 2.22. The number of aryl methyl sites for hydroxylation is 1. The summed E-state index contributed by atoms with van der Waals surface area (Å²) >= 11 is 1.37. The van der Waals surface area contributed by atoms with E-state index in [1.54, 1.807) is 19.1 Å². The lowest BCUT2D eigenvalue weighted by Crippen LogP contribution is -2.30. The summed E-state index contributed by atoms with van der Waals surface area (Å²) in [6.45, 7) is 8.41. The summed E-state index contributed by atoms with van der Waals surface area (Å²) in [5.74, 6) is 1.37. The fourth-order valence-electron chi connectivity index (χ4n) is 4.15. The number of benzene rings is 2. The first-order chi connectivity index (χ1) is 17.6. The van der Waals surface area contributed by atoms with Crippen molar-refractivity contribution in [2.24, 2.45) is 5.73 Å². The van der Waals surface area contributed by atoms with Crippen LogP contribution in [0.15, 0.2) is 30.3 Å². The van der Waals surface area contributed by atoms with Crippen molar-refractivity contribution in [3.05, 3.63) is 30.3 Å². The first kappa shape index (κ1) is 24.8. The number of primary amides is 1. The molecule has 2 aromatic carbocycles. The average molecular weight is 524 g/mol. The molecule has 1 aliphatic heterocycles. The van der Waals surface area contributed by atoms with E-state index in [1.807, 2.05) is 39.0 Å². The Balaban J connectivity index is 1.53. The number of amides is 2. The van der Waals surface area contributed by atoms with Crippen LogP contribution in [0.5, 0.6) is 11.5 Å². The number of thiazole rings is 1. The van der Waals surface area contributed by atoms with Gasteiger partial charge in [-0.1, -0.05) is 11.3 Å². The van der Waals surface area contributed by atoms with Crippen molar-refractivity contribution in [3.63, 3.8) is 0 Å². The zero-order valence-corrected chi connectivity index (χ0v) is 22.0. The van der Waals surface area contributed by atoms with E-state index in [4.69, 9.17) is 24.9 Å². The third kappa shape index (κ3) is 5.31. The van der Waals surface area contributed by atoms with Crippen LogP contribution in [0.1, 0.15) is 40.5 Å². The van der Waals surface area contributed by atoms with E-state index in [0.29, 0.717) is 28.8 Å². The maximum absolute atomic E-state index is 12.2. The minimum absolute atomic E-state index is 0.463. The van der Waals surface area contributed by atoms with Crippen LogP contribution < -0.4 is 20.5 Å². The van der Waals surface area contributed by atoms with Crippen molar-refractivity contribution in [1.82, 2.24) is 14.5 Å². The molecule has 194 valence electrons. The van der Waals surface area contributed by atoms with Crippen molar-refractivity contribution < 1.29 is 23.8 Å². The first-order valence-electron chi connectivity index (χ1n) is 12.1. The fraction of sp³-hybridized carbons (Fsp3) is 0.385. The van der Waals surface area contributed by atoms with Crippen LogP contribution in [0, 0.1) is 0 Å². The van der Waals surface area contributed by atoms with Gasteiger partial charge in [0.2, 0.25) is 0 Å². The standard InChI is InChI=1S/C26H29N5O5S/c1-14(22(27)32)35-16-12-18-21-19(13-16)34-10-6-5-9-31(21)23(28-18)15-7-8-17-20(11-15)37-24(29-17)30-25(33)36-26(2,3)4/h7-8,11-14H,5-6,9-10H2,1-4H3,(H2,27,32)(H,29,30,33)/t14-/m0/s1. The van der Waals surface area contributed by atoms with E-state index in [0.717, 1.165) is 46.5 Å². The van der Waals surface area contributed by atoms with Gasteiger partial charge in [-0.05, 0) is 58.7 Å². The van der Waals surface area contributed by atoms with Crippen LogP contribution >= 0.6 is 11.3 Å². The highest BCUT2D eigenvalue weighted by Crippen LogP contribution is 2.38. The van der Waals surface area contributed by atoms with E-state index in [9.17, 15) is 9.59 Å². The Kier molecular flexibility index (Phi) is 6.40. The minimum atomic E-state index is -0.781. The van der Waals surface area contributed by atoms with E-state index < -0.39 is 23.7 Å². The predicted octanol–water partition coefficient (Wildman–Crippen LogP) is 5.09. The molecule has 5 rings (SSSR count). The summed E-state index contributed by atoms with van der Waals surface area (Å²) in [6, 6.07) is 9.49. The molecule has 2 amide bonds. The molecule has 2 aromatic heterocycles. The molecule has 37 heavy (non-hydrogen) atoms. The number of nitrogens with zero attached hydrogens (tertiary/aromatic N) is 3. The number of carbonyl (C=O) groups is 2. The Labute approximate surface area is 217 Å². The molecule has 0 saturated heterocycles. The van der Waals surface area contributed by atoms with Crippen molar-refractivity contribution >= 4 is 49.7 Å². The first-order valence-corrected chi connectivity index (χ1v) is 12.9. The second-order valence-corrected chi connectivity index (χ2v) is 11.0. The summed E-state index contributed by atoms with van der Waals surface area (Å²) in [5, 5.41) is 3.18. The van der Waals surface area contributed by atoms with Gasteiger partial charge in [-0.15, -0.1) is 0 Å². The second kappa shape index (κ2) is 9.55. The zero-order valence-electron chi connectivity index (χ0n) is 21.2. The molecule has 10 nitrogen and oxygen atoms in total. The molecule has 4 aromatic rings. The number of fused-ring (bicyclic) bond motifs is 1. The molecule has 1 atom stereocenters. The van der Waals surface area contributed by atoms with Crippen LogP contribution in [0.2, 0.25) is 0 Å². The van der Waals surface area contributed by atoms with Crippen LogP contribution in [-0.4, -0.2) is 44.8 Å². The molecule has 0 unspecified atom stereocenters. The Bertz CT molecular complexity index is 1500. The van der Waals surface area contributed by atoms with Crippen molar-refractivity contribution in [2.45, 2.75) is 58.8 Å². The van der Waals surface area contributed by atoms with Crippen molar-refractivity contribution in [1.29, 1.82) is 0 Å². The summed E-state index contributed by atoms with van der Waals surface area (Å²) in [4.78, 5) is 33.1. The van der Waals surface area contributed by atoms with E-state index >= 15 is 0 Å². The molecule has 0 saturated carbocycles. The zero-order chi connectivity index (χ0) is 26.3. The van der Waals surface area contributed by atoms with E-state index in [2.05, 4.69) is 14.9 Å². The monoisotopic (exact) mass is 523 g/mol. The lowest BCUT2D eigenvalue weighted by atomic mass is 10.2. The number of aromatic nitrogens is 3. The lowest BCUT2D eigenvalue weighted by Gasteiger charge is -2.18. The Morgan fingerprint density at radius 2 is 1.97 bits per heavy atom. The van der Waals surface area contributed by atoms with Crippen molar-refractivity contribution in [3.8, 4) is 22.9 Å². The molecule has 0 fully saturated rings. The predicted molar refractivity (Wildman–Crippen MR) is 142 cm³/mol. The number of nitrogens with two attached hydrogens (primary N) is 1. The molecule has 11 heteroatoms. The van der Waals surface area contributed by atoms with Gasteiger partial charge in [0.25, 0.3) is 5.91 Å². The molecule has 1 aliphatic rings. The maximum Gasteiger partial charge on any atom is 0.413 e. The molecule has 3 heterocycles. The minimum Gasteiger partial charge on any atom is -0.491 e. The number of carbonyl (C=O) groups excluding carboxylic acids is 2. The van der Waals surface area contributed by atoms with Crippen LogP contribution in [-0.2, 0) is 16.1 Å². The van der Waals surface area contributed by atoms with E-state index in [-0.39, 0.29) is 0 Å². The molecular weight excluding hydrogens is 494 g/mol. The smallest absolute Gasteiger partial charge is 0.413 e. The normalized spacial score (nSPS) is 14.5. The van der Waals surface area contributed by atoms with Crippen LogP contribution in [0.25, 0.3) is 32.6 Å². The van der Waals surface area contributed by atoms with Gasteiger partial charge in [-0.3, -0.25) is 10.1 Å². The maximum atomic E-state index is 12.2. The SMILES string of the molecule is C[C@H](Oc1cc2c3c(c1)nc(-c1ccc4nc(NC(=O)OC(C)(C)C)sc4c1)n3CCCCO2)C(N)=O. The largest absolute Gasteiger partial charge is 0.491 e. The van der Waals surface area contributed by atoms with Gasteiger partial charge in [0, 0.05) is 24.2 Å². The number of hydrogen-bond donors (Lipinski definition) is 2. The third-order valence-electron chi connectivity index (χ3n) is 5.78. The quantitative estimate of drug-likeness (QED) is 0.373. The Morgan fingerprint density at radius 1 is 1.16 bits per heavy atom. The number of imidazole rings is 1. The summed E-state index contributed by atoms with van der Waals surface area (Å²) in [6.07, 6.45) is 0.521. The van der Waals surface area contributed by atoms with E-state index in [1.165, 1.54) is 11.3 Å². The second-order valence-electron chi connectivity index (χ2n) is 9.92. The number of anilines is 1. The Hall–Kier alpha value is -3.86. The van der Waals surface area contributed by atoms with Gasteiger partial charge >= 0.3 is 6.09 Å². The average Bonchev–Trinajstić information content (AvgIpc) is 3.35. The lowest BCUT2D eigenvalue weighted by molar-refractivity contribution is -0.123. The van der Waals surface area contributed by atoms with Crippen molar-refractivity contribution in [2.75, 3.05) is 11.9 Å². The molecule has 0 bridgehead atoms. The highest BCUT2D eigenvalue weighted by atomic mass is 32.1. The third-order valence-corrected chi connectivity index (χ3v) is 6.72. The molecule has 0 radical (unpaired) electrons. The number of nitrogens with one attached hydrogen (secondary N) is 1. The number of rotatable bonds is 5. The number of ether oxygens (including phenoxy) is 3. The van der Waals surface area contributed by atoms with Crippen LogP contribution in [0.3, 0.4) is 0 Å². The van der Waals surface area contributed by atoms with Gasteiger partial charge in [0.05, 0.1) is 22.3 Å². The summed E-state index contributed by atoms with van der Waals surface area (Å²) in [5.41, 5.74) is 8.05. The Morgan fingerprint density at radius 3 is 2.73 bits per heavy atom. The van der Waals surface area contributed by atoms with Crippen LogP contribution in [0.4, 0.5) is 9.93 Å². The highest BCUT2D eigenvalue weighted by molar-refractivity contribution is 7.22. The van der Waals surface area contributed by atoms with Gasteiger partial charge in [-0.2, -0.15) is 0 Å². The van der Waals surface area contributed by atoms with Gasteiger partial charge in [0.1, 0.15) is 28.4 Å². The van der Waals surface area contributed by atoms with Gasteiger partial charge in [-0.25, -0.2) is 14.8 Å². The number of hydrogen-bond acceptors (Lipinski definition) is 8. The molecule has 0 spiro atoms. The van der Waals surface area contributed by atoms with Gasteiger partial charge in [0.15, 0.2) is 11.2 Å². The summed E-state index contributed by atoms with van der Waals surface area (Å²) in [7, 11) is 0. The molecular formula is C26H29N5O5S. The van der Waals surface area contributed by atoms with Gasteiger partial charge < -0.3 is 24.5 Å². The molecule has 3 N–H and O–H groups in total. The summed E-state index contributed by atoms with van der Waals surface area (Å²) < 4.78 is 20.2.